The topological polar surface area (TPSA) is 46.3 Å². The number of hydrogen-bond acceptors (Lipinski definition) is 3. The predicted octanol–water partition coefficient (Wildman–Crippen LogP) is 1.91. The van der Waals surface area contributed by atoms with Gasteiger partial charge >= 0.3 is 0 Å². The number of carbonyl (C=O) groups excluding carboxylic acids is 1. The van der Waals surface area contributed by atoms with Crippen molar-refractivity contribution in [3.63, 3.8) is 0 Å². The quantitative estimate of drug-likeness (QED) is 0.918. The zero-order valence-corrected chi connectivity index (χ0v) is 12.5. The molecule has 2 rings (SSSR count). The molecule has 3 nitrogen and oxygen atoms in total. The number of nitrogens with two attached hydrogens (primary N) is 1. The van der Waals surface area contributed by atoms with E-state index in [4.69, 9.17) is 5.73 Å². The van der Waals surface area contributed by atoms with Crippen molar-refractivity contribution in [2.75, 3.05) is 18.8 Å². The number of carbonyl (C=O) groups is 1. The highest BCUT2D eigenvalue weighted by atomic mass is 32.2. The number of thioether (sulfide) groups is 1. The van der Waals surface area contributed by atoms with Gasteiger partial charge in [0.25, 0.3) is 0 Å². The molecule has 1 saturated heterocycles. The third kappa shape index (κ3) is 3.98. The minimum atomic E-state index is -0.429. The molecule has 0 saturated carbocycles. The Morgan fingerprint density at radius 2 is 2.11 bits per heavy atom. The van der Waals surface area contributed by atoms with Crippen molar-refractivity contribution in [2.45, 2.75) is 31.1 Å². The molecule has 0 spiro atoms. The second kappa shape index (κ2) is 5.97. The molecule has 1 atom stereocenters. The molecule has 104 valence electrons. The predicted molar refractivity (Wildman–Crippen MR) is 81.2 cm³/mol. The number of nitrogens with zero attached hydrogens (tertiary/aromatic N) is 1. The summed E-state index contributed by atoms with van der Waals surface area (Å²) < 4.78 is 0.139. The highest BCUT2D eigenvalue weighted by Crippen LogP contribution is 2.29. The molecular formula is C15H22N2OS. The van der Waals surface area contributed by atoms with Gasteiger partial charge in [-0.15, -0.1) is 0 Å². The van der Waals surface area contributed by atoms with Crippen LogP contribution < -0.4 is 5.73 Å². The molecule has 0 bridgehead atoms. The second-order valence-electron chi connectivity index (χ2n) is 5.66. The van der Waals surface area contributed by atoms with Crippen molar-refractivity contribution >= 4 is 17.7 Å². The van der Waals surface area contributed by atoms with Gasteiger partial charge in [-0.25, -0.2) is 0 Å². The molecule has 4 heteroatoms. The molecule has 2 N–H and O–H groups in total. The van der Waals surface area contributed by atoms with E-state index in [-0.39, 0.29) is 10.7 Å². The van der Waals surface area contributed by atoms with Crippen molar-refractivity contribution in [3.8, 4) is 0 Å². The largest absolute Gasteiger partial charge is 0.339 e. The molecule has 1 aromatic rings. The molecule has 1 fully saturated rings. The second-order valence-corrected chi connectivity index (χ2v) is 7.47. The number of amides is 1. The van der Waals surface area contributed by atoms with E-state index in [9.17, 15) is 4.79 Å². The van der Waals surface area contributed by atoms with E-state index in [1.54, 1.807) is 0 Å². The molecule has 1 amide bonds. The summed E-state index contributed by atoms with van der Waals surface area (Å²) in [4.78, 5) is 14.3. The molecule has 1 aliphatic rings. The minimum Gasteiger partial charge on any atom is -0.339 e. The zero-order valence-electron chi connectivity index (χ0n) is 11.6. The third-order valence-electron chi connectivity index (χ3n) is 3.35. The Bertz CT molecular complexity index is 433. The van der Waals surface area contributed by atoms with Crippen LogP contribution in [0.15, 0.2) is 30.3 Å². The molecule has 0 unspecified atom stereocenters. The van der Waals surface area contributed by atoms with E-state index in [0.717, 1.165) is 24.4 Å². The van der Waals surface area contributed by atoms with E-state index in [2.05, 4.69) is 13.8 Å². The molecular weight excluding hydrogens is 256 g/mol. The minimum absolute atomic E-state index is 0.0808. The van der Waals surface area contributed by atoms with E-state index in [0.29, 0.717) is 6.42 Å². The fourth-order valence-corrected chi connectivity index (χ4v) is 3.51. The summed E-state index contributed by atoms with van der Waals surface area (Å²) in [6.45, 7) is 5.97. The van der Waals surface area contributed by atoms with Crippen molar-refractivity contribution in [2.24, 2.45) is 5.73 Å². The van der Waals surface area contributed by atoms with Crippen LogP contribution in [0.25, 0.3) is 0 Å². The number of hydrogen-bond donors (Lipinski definition) is 1. The Morgan fingerprint density at radius 3 is 2.74 bits per heavy atom. The summed E-state index contributed by atoms with van der Waals surface area (Å²) in [6.07, 6.45) is 0.615. The van der Waals surface area contributed by atoms with Crippen molar-refractivity contribution < 1.29 is 4.79 Å². The standard InChI is InChI=1S/C15H22N2OS/c1-15(2)11-17(8-9-19-15)14(18)13(16)10-12-6-4-3-5-7-12/h3-7,13H,8-11,16H2,1-2H3/t13-/m1/s1. The summed E-state index contributed by atoms with van der Waals surface area (Å²) in [5.74, 6) is 1.08. The third-order valence-corrected chi connectivity index (χ3v) is 4.65. The van der Waals surface area contributed by atoms with Crippen LogP contribution in [0, 0.1) is 0 Å². The number of rotatable bonds is 3. The van der Waals surface area contributed by atoms with Gasteiger partial charge in [-0.1, -0.05) is 30.3 Å². The van der Waals surface area contributed by atoms with E-state index in [1.165, 1.54) is 0 Å². The van der Waals surface area contributed by atoms with Crippen LogP contribution in [-0.2, 0) is 11.2 Å². The fourth-order valence-electron chi connectivity index (χ4n) is 2.39. The van der Waals surface area contributed by atoms with Gasteiger partial charge in [0.2, 0.25) is 5.91 Å². The van der Waals surface area contributed by atoms with Gasteiger partial charge in [0.15, 0.2) is 0 Å². The highest BCUT2D eigenvalue weighted by molar-refractivity contribution is 8.00. The van der Waals surface area contributed by atoms with Crippen LogP contribution in [0.3, 0.4) is 0 Å². The van der Waals surface area contributed by atoms with Gasteiger partial charge in [-0.3, -0.25) is 4.79 Å². The Kier molecular flexibility index (Phi) is 4.53. The number of benzene rings is 1. The van der Waals surface area contributed by atoms with Gasteiger partial charge in [-0.2, -0.15) is 11.8 Å². The molecule has 1 heterocycles. The normalized spacial score (nSPS) is 20.1. The van der Waals surface area contributed by atoms with Crippen molar-refractivity contribution in [1.29, 1.82) is 0 Å². The lowest BCUT2D eigenvalue weighted by Gasteiger charge is -2.38. The van der Waals surface area contributed by atoms with Gasteiger partial charge in [0.1, 0.15) is 0 Å². The summed E-state index contributed by atoms with van der Waals surface area (Å²) in [5, 5.41) is 0. The SMILES string of the molecule is CC1(C)CN(C(=O)[C@H](N)Cc2ccccc2)CCS1. The highest BCUT2D eigenvalue weighted by Gasteiger charge is 2.31. The summed E-state index contributed by atoms with van der Waals surface area (Å²) >= 11 is 1.92. The Morgan fingerprint density at radius 1 is 1.42 bits per heavy atom. The van der Waals surface area contributed by atoms with Crippen LogP contribution in [0.1, 0.15) is 19.4 Å². The van der Waals surface area contributed by atoms with Crippen LogP contribution in [-0.4, -0.2) is 40.4 Å². The fraction of sp³-hybridized carbons (Fsp3) is 0.533. The molecule has 0 aliphatic carbocycles. The smallest absolute Gasteiger partial charge is 0.239 e. The molecule has 19 heavy (non-hydrogen) atoms. The maximum absolute atomic E-state index is 12.4. The van der Waals surface area contributed by atoms with Gasteiger partial charge < -0.3 is 10.6 Å². The molecule has 1 aromatic carbocycles. The first-order valence-corrected chi connectivity index (χ1v) is 7.69. The van der Waals surface area contributed by atoms with Gasteiger partial charge in [0.05, 0.1) is 6.04 Å². The lowest BCUT2D eigenvalue weighted by Crippen LogP contribution is -2.52. The van der Waals surface area contributed by atoms with Crippen LogP contribution in [0.2, 0.25) is 0 Å². The molecule has 0 aromatic heterocycles. The van der Waals surface area contributed by atoms with E-state index in [1.807, 2.05) is 47.0 Å². The van der Waals surface area contributed by atoms with E-state index < -0.39 is 6.04 Å². The van der Waals surface area contributed by atoms with Crippen molar-refractivity contribution in [3.05, 3.63) is 35.9 Å². The summed E-state index contributed by atoms with van der Waals surface area (Å²) in [6, 6.07) is 9.54. The Balaban J connectivity index is 1.95. The Labute approximate surface area is 119 Å². The molecule has 1 aliphatic heterocycles. The maximum Gasteiger partial charge on any atom is 0.239 e. The first kappa shape index (κ1) is 14.4. The van der Waals surface area contributed by atoms with Gasteiger partial charge in [0, 0.05) is 23.6 Å². The summed E-state index contributed by atoms with van der Waals surface area (Å²) in [7, 11) is 0. The van der Waals surface area contributed by atoms with Gasteiger partial charge in [-0.05, 0) is 25.8 Å². The average molecular weight is 278 g/mol. The van der Waals surface area contributed by atoms with Crippen LogP contribution in [0.4, 0.5) is 0 Å². The first-order chi connectivity index (χ1) is 8.98. The summed E-state index contributed by atoms with van der Waals surface area (Å²) in [5.41, 5.74) is 7.19. The van der Waals surface area contributed by atoms with E-state index >= 15 is 0 Å². The average Bonchev–Trinajstić information content (AvgIpc) is 2.38. The molecule has 0 radical (unpaired) electrons. The monoisotopic (exact) mass is 278 g/mol. The lowest BCUT2D eigenvalue weighted by atomic mass is 10.0. The zero-order chi connectivity index (χ0) is 13.9. The van der Waals surface area contributed by atoms with Crippen LogP contribution >= 0.6 is 11.8 Å². The maximum atomic E-state index is 12.4. The lowest BCUT2D eigenvalue weighted by molar-refractivity contribution is -0.132. The Hall–Kier alpha value is -1.00. The van der Waals surface area contributed by atoms with Crippen molar-refractivity contribution in [1.82, 2.24) is 4.90 Å². The van der Waals surface area contributed by atoms with Crippen LogP contribution in [0.5, 0.6) is 0 Å². The first-order valence-electron chi connectivity index (χ1n) is 6.70.